The van der Waals surface area contributed by atoms with Crippen LogP contribution in [0, 0.1) is 5.92 Å². The third-order valence-electron chi connectivity index (χ3n) is 4.72. The number of aromatic nitrogens is 2. The molecule has 1 aliphatic heterocycles. The van der Waals surface area contributed by atoms with Crippen molar-refractivity contribution in [3.05, 3.63) is 53.6 Å². The van der Waals surface area contributed by atoms with Crippen LogP contribution in [-0.2, 0) is 26.7 Å². The van der Waals surface area contributed by atoms with Crippen molar-refractivity contribution in [1.29, 1.82) is 0 Å². The first-order valence-corrected chi connectivity index (χ1v) is 8.67. The molecule has 1 fully saturated rings. The molecule has 1 aromatic heterocycles. The third-order valence-corrected chi connectivity index (χ3v) is 4.72. The number of nitrogens with zero attached hydrogens (tertiary/aromatic N) is 3. The summed E-state index contributed by atoms with van der Waals surface area (Å²) in [6, 6.07) is 9.05. The number of aryl methyl sites for hydroxylation is 1. The van der Waals surface area contributed by atoms with Crippen LogP contribution in [0.4, 0.5) is 0 Å². The summed E-state index contributed by atoms with van der Waals surface area (Å²) in [7, 11) is 2.03. The van der Waals surface area contributed by atoms with E-state index in [1.807, 2.05) is 19.6 Å². The maximum Gasteiger partial charge on any atom is 0.0945 e. The lowest BCUT2D eigenvalue weighted by atomic mass is 9.99. The van der Waals surface area contributed by atoms with Crippen LogP contribution >= 0.6 is 0 Å². The molecule has 2 aromatic rings. The van der Waals surface area contributed by atoms with Gasteiger partial charge in [0.2, 0.25) is 0 Å². The van der Waals surface area contributed by atoms with Gasteiger partial charge in [0.1, 0.15) is 0 Å². The van der Waals surface area contributed by atoms with Gasteiger partial charge in [0, 0.05) is 39.4 Å². The molecule has 0 aliphatic carbocycles. The van der Waals surface area contributed by atoms with Gasteiger partial charge < -0.3 is 9.88 Å². The van der Waals surface area contributed by atoms with Crippen molar-refractivity contribution < 1.29 is 0 Å². The van der Waals surface area contributed by atoms with Gasteiger partial charge in [-0.15, -0.1) is 0 Å². The molecule has 4 heteroatoms. The SMILES string of the molecule is CC1CCCN(Cc2ccc(CNCc3cncn3C)cc2)C1. The molecule has 4 nitrogen and oxygen atoms in total. The van der Waals surface area contributed by atoms with Gasteiger partial charge in [-0.2, -0.15) is 0 Å². The summed E-state index contributed by atoms with van der Waals surface area (Å²) in [5.74, 6) is 0.847. The molecule has 1 saturated heterocycles. The van der Waals surface area contributed by atoms with E-state index in [9.17, 15) is 0 Å². The second kappa shape index (κ2) is 7.75. The summed E-state index contributed by atoms with van der Waals surface area (Å²) in [4.78, 5) is 6.73. The molecule has 3 rings (SSSR count). The molecular formula is C19H28N4. The summed E-state index contributed by atoms with van der Waals surface area (Å²) in [5.41, 5.74) is 3.97. The van der Waals surface area contributed by atoms with E-state index in [0.717, 1.165) is 25.6 Å². The topological polar surface area (TPSA) is 33.1 Å². The van der Waals surface area contributed by atoms with Gasteiger partial charge in [-0.1, -0.05) is 31.2 Å². The first kappa shape index (κ1) is 16.2. The molecule has 1 atom stereocenters. The van der Waals surface area contributed by atoms with Crippen LogP contribution in [0.3, 0.4) is 0 Å². The van der Waals surface area contributed by atoms with Gasteiger partial charge in [-0.05, 0) is 36.4 Å². The minimum absolute atomic E-state index is 0.847. The number of hydrogen-bond donors (Lipinski definition) is 1. The maximum atomic E-state index is 4.14. The minimum atomic E-state index is 0.847. The highest BCUT2D eigenvalue weighted by molar-refractivity contribution is 5.22. The van der Waals surface area contributed by atoms with E-state index in [-0.39, 0.29) is 0 Å². The Morgan fingerprint density at radius 3 is 2.65 bits per heavy atom. The summed E-state index contributed by atoms with van der Waals surface area (Å²) in [6.45, 7) is 7.69. The average molecular weight is 312 g/mol. The fourth-order valence-corrected chi connectivity index (χ4v) is 3.34. The summed E-state index contributed by atoms with van der Waals surface area (Å²) in [6.07, 6.45) is 6.48. The van der Waals surface area contributed by atoms with Crippen molar-refractivity contribution in [1.82, 2.24) is 19.8 Å². The molecule has 1 unspecified atom stereocenters. The van der Waals surface area contributed by atoms with Crippen molar-refractivity contribution >= 4 is 0 Å². The Bertz CT molecular complexity index is 602. The standard InChI is InChI=1S/C19H28N4/c1-16-4-3-9-23(13-16)14-18-7-5-17(6-8-18)10-20-11-19-12-21-15-22(19)2/h5-8,12,15-16,20H,3-4,9-11,13-14H2,1-2H3. The number of imidazole rings is 1. The Hall–Kier alpha value is -1.65. The maximum absolute atomic E-state index is 4.14. The van der Waals surface area contributed by atoms with E-state index in [1.165, 1.54) is 42.8 Å². The monoisotopic (exact) mass is 312 g/mol. The van der Waals surface area contributed by atoms with Gasteiger partial charge in [-0.25, -0.2) is 4.98 Å². The lowest BCUT2D eigenvalue weighted by Crippen LogP contribution is -2.33. The molecular weight excluding hydrogens is 284 g/mol. The molecule has 23 heavy (non-hydrogen) atoms. The molecule has 0 spiro atoms. The molecule has 1 aliphatic rings. The van der Waals surface area contributed by atoms with Crippen LogP contribution in [-0.4, -0.2) is 27.5 Å². The van der Waals surface area contributed by atoms with Crippen LogP contribution in [0.15, 0.2) is 36.8 Å². The normalized spacial score (nSPS) is 19.1. The van der Waals surface area contributed by atoms with E-state index in [1.54, 1.807) is 0 Å². The Labute approximate surface area is 139 Å². The smallest absolute Gasteiger partial charge is 0.0945 e. The van der Waals surface area contributed by atoms with E-state index >= 15 is 0 Å². The van der Waals surface area contributed by atoms with Crippen molar-refractivity contribution in [2.24, 2.45) is 13.0 Å². The number of hydrogen-bond acceptors (Lipinski definition) is 3. The Balaban J connectivity index is 1.46. The zero-order chi connectivity index (χ0) is 16.1. The number of benzene rings is 1. The predicted octanol–water partition coefficient (Wildman–Crippen LogP) is 2.94. The summed E-state index contributed by atoms with van der Waals surface area (Å²) in [5, 5.41) is 3.48. The average Bonchev–Trinajstić information content (AvgIpc) is 2.94. The van der Waals surface area contributed by atoms with Crippen LogP contribution in [0.2, 0.25) is 0 Å². The van der Waals surface area contributed by atoms with Gasteiger partial charge in [0.05, 0.1) is 12.0 Å². The molecule has 0 bridgehead atoms. The molecule has 2 heterocycles. The highest BCUT2D eigenvalue weighted by Gasteiger charge is 2.15. The Morgan fingerprint density at radius 2 is 1.96 bits per heavy atom. The number of rotatable bonds is 6. The Kier molecular flexibility index (Phi) is 5.47. The molecule has 124 valence electrons. The number of likely N-dealkylation sites (tertiary alicyclic amines) is 1. The fraction of sp³-hybridized carbons (Fsp3) is 0.526. The second-order valence-electron chi connectivity index (χ2n) is 6.90. The largest absolute Gasteiger partial charge is 0.337 e. The Morgan fingerprint density at radius 1 is 1.17 bits per heavy atom. The molecule has 1 aromatic carbocycles. The lowest BCUT2D eigenvalue weighted by molar-refractivity contribution is 0.176. The van der Waals surface area contributed by atoms with E-state index in [2.05, 4.69) is 51.0 Å². The van der Waals surface area contributed by atoms with E-state index < -0.39 is 0 Å². The van der Waals surface area contributed by atoms with Crippen molar-refractivity contribution in [2.45, 2.75) is 39.4 Å². The van der Waals surface area contributed by atoms with E-state index in [4.69, 9.17) is 0 Å². The first-order chi connectivity index (χ1) is 11.2. The highest BCUT2D eigenvalue weighted by atomic mass is 15.1. The quantitative estimate of drug-likeness (QED) is 0.890. The van der Waals surface area contributed by atoms with Gasteiger partial charge in [-0.3, -0.25) is 4.90 Å². The number of piperidine rings is 1. The van der Waals surface area contributed by atoms with Crippen LogP contribution < -0.4 is 5.32 Å². The minimum Gasteiger partial charge on any atom is -0.337 e. The third kappa shape index (κ3) is 4.66. The summed E-state index contributed by atoms with van der Waals surface area (Å²) < 4.78 is 2.05. The second-order valence-corrected chi connectivity index (χ2v) is 6.90. The lowest BCUT2D eigenvalue weighted by Gasteiger charge is -2.30. The van der Waals surface area contributed by atoms with Crippen molar-refractivity contribution in [2.75, 3.05) is 13.1 Å². The molecule has 1 N–H and O–H groups in total. The molecule has 0 saturated carbocycles. The van der Waals surface area contributed by atoms with Gasteiger partial charge in [0.25, 0.3) is 0 Å². The fourth-order valence-electron chi connectivity index (χ4n) is 3.34. The molecule has 0 amide bonds. The van der Waals surface area contributed by atoms with E-state index in [0.29, 0.717) is 0 Å². The zero-order valence-electron chi connectivity index (χ0n) is 14.3. The highest BCUT2D eigenvalue weighted by Crippen LogP contribution is 2.18. The van der Waals surface area contributed by atoms with Crippen LogP contribution in [0.25, 0.3) is 0 Å². The summed E-state index contributed by atoms with van der Waals surface area (Å²) >= 11 is 0. The van der Waals surface area contributed by atoms with Crippen LogP contribution in [0.5, 0.6) is 0 Å². The zero-order valence-corrected chi connectivity index (χ0v) is 14.3. The number of nitrogens with one attached hydrogen (secondary N) is 1. The first-order valence-electron chi connectivity index (χ1n) is 8.67. The van der Waals surface area contributed by atoms with Crippen molar-refractivity contribution in [3.8, 4) is 0 Å². The van der Waals surface area contributed by atoms with Crippen LogP contribution in [0.1, 0.15) is 36.6 Å². The predicted molar refractivity (Wildman–Crippen MR) is 93.9 cm³/mol. The van der Waals surface area contributed by atoms with Gasteiger partial charge in [0.15, 0.2) is 0 Å². The van der Waals surface area contributed by atoms with Gasteiger partial charge >= 0.3 is 0 Å². The molecule has 0 radical (unpaired) electrons. The van der Waals surface area contributed by atoms with Crippen molar-refractivity contribution in [3.63, 3.8) is 0 Å².